The summed E-state index contributed by atoms with van der Waals surface area (Å²) in [5, 5.41) is 9.98. The molecule has 5 heteroatoms. The summed E-state index contributed by atoms with van der Waals surface area (Å²) in [6.07, 6.45) is 6.57. The van der Waals surface area contributed by atoms with Crippen molar-refractivity contribution in [1.29, 1.82) is 0 Å². The van der Waals surface area contributed by atoms with Gasteiger partial charge in [-0.3, -0.25) is 9.89 Å². The largest absolute Gasteiger partial charge is 0.348 e. The van der Waals surface area contributed by atoms with Gasteiger partial charge >= 0.3 is 0 Å². The van der Waals surface area contributed by atoms with E-state index in [1.165, 1.54) is 38.6 Å². The first-order valence-corrected chi connectivity index (χ1v) is 8.20. The van der Waals surface area contributed by atoms with Crippen LogP contribution in [-0.2, 0) is 0 Å². The van der Waals surface area contributed by atoms with Crippen molar-refractivity contribution >= 4 is 5.91 Å². The van der Waals surface area contributed by atoms with Gasteiger partial charge in [0.1, 0.15) is 5.69 Å². The Morgan fingerprint density at radius 2 is 2.24 bits per heavy atom. The van der Waals surface area contributed by atoms with Crippen LogP contribution in [0.4, 0.5) is 0 Å². The molecule has 1 aromatic heterocycles. The lowest BCUT2D eigenvalue weighted by molar-refractivity contribution is 0.0634. The standard InChI is InChI=1S/C16H26N4O/c1-11-9-15(19-18-11)16(21)17-12(2)13-5-4-8-20(10-13)14-6-3-7-14/h9,12-14H,3-8,10H2,1-2H3,(H,17,21)(H,18,19)/t12-,13-/m1/s1. The van der Waals surface area contributed by atoms with Gasteiger partial charge < -0.3 is 10.2 Å². The van der Waals surface area contributed by atoms with E-state index in [0.29, 0.717) is 11.6 Å². The van der Waals surface area contributed by atoms with Gasteiger partial charge in [0.15, 0.2) is 0 Å². The molecule has 2 aliphatic rings. The van der Waals surface area contributed by atoms with E-state index < -0.39 is 0 Å². The van der Waals surface area contributed by atoms with E-state index in [4.69, 9.17) is 0 Å². The lowest BCUT2D eigenvalue weighted by Crippen LogP contribution is -2.50. The number of nitrogens with one attached hydrogen (secondary N) is 2. The minimum absolute atomic E-state index is 0.0624. The van der Waals surface area contributed by atoms with Crippen LogP contribution in [0.25, 0.3) is 0 Å². The third-order valence-corrected chi connectivity index (χ3v) is 5.08. The Balaban J connectivity index is 1.54. The molecular formula is C16H26N4O. The van der Waals surface area contributed by atoms with Crippen molar-refractivity contribution in [1.82, 2.24) is 20.4 Å². The summed E-state index contributed by atoms with van der Waals surface area (Å²) < 4.78 is 0. The number of aryl methyl sites for hydroxylation is 1. The van der Waals surface area contributed by atoms with E-state index in [2.05, 4.69) is 27.3 Å². The van der Waals surface area contributed by atoms with Gasteiger partial charge in [0.05, 0.1) is 0 Å². The van der Waals surface area contributed by atoms with Crippen LogP contribution in [0.1, 0.15) is 55.2 Å². The Morgan fingerprint density at radius 3 is 2.86 bits per heavy atom. The number of nitrogens with zero attached hydrogens (tertiary/aromatic N) is 2. The molecule has 3 rings (SSSR count). The molecule has 0 bridgehead atoms. The first-order chi connectivity index (χ1) is 10.1. The van der Waals surface area contributed by atoms with Crippen molar-refractivity contribution in [2.45, 2.75) is 58.0 Å². The van der Waals surface area contributed by atoms with Crippen LogP contribution in [0.2, 0.25) is 0 Å². The highest BCUT2D eigenvalue weighted by Gasteiger charge is 2.32. The summed E-state index contributed by atoms with van der Waals surface area (Å²) >= 11 is 0. The highest BCUT2D eigenvalue weighted by atomic mass is 16.2. The highest BCUT2D eigenvalue weighted by molar-refractivity contribution is 5.92. The average molecular weight is 290 g/mol. The lowest BCUT2D eigenvalue weighted by Gasteiger charge is -2.43. The molecule has 1 aromatic rings. The molecule has 2 heterocycles. The Kier molecular flexibility index (Phi) is 4.29. The van der Waals surface area contributed by atoms with Crippen molar-refractivity contribution < 1.29 is 4.79 Å². The number of carbonyl (C=O) groups excluding carboxylic acids is 1. The molecule has 1 saturated heterocycles. The highest BCUT2D eigenvalue weighted by Crippen LogP contribution is 2.30. The van der Waals surface area contributed by atoms with Crippen LogP contribution in [0.3, 0.4) is 0 Å². The maximum Gasteiger partial charge on any atom is 0.271 e. The molecule has 2 atom stereocenters. The maximum atomic E-state index is 12.2. The number of piperidine rings is 1. The summed E-state index contributed by atoms with van der Waals surface area (Å²) in [4.78, 5) is 14.8. The van der Waals surface area contributed by atoms with E-state index in [1.54, 1.807) is 6.07 Å². The van der Waals surface area contributed by atoms with Gasteiger partial charge in [-0.2, -0.15) is 5.10 Å². The number of amides is 1. The Labute approximate surface area is 126 Å². The molecule has 1 aliphatic heterocycles. The minimum Gasteiger partial charge on any atom is -0.348 e. The van der Waals surface area contributed by atoms with E-state index in [9.17, 15) is 4.79 Å². The number of aromatic amines is 1. The van der Waals surface area contributed by atoms with Crippen molar-refractivity contribution in [3.8, 4) is 0 Å². The van der Waals surface area contributed by atoms with E-state index in [0.717, 1.165) is 18.3 Å². The number of H-pyrrole nitrogens is 1. The second-order valence-electron chi connectivity index (χ2n) is 6.68. The Morgan fingerprint density at radius 1 is 1.43 bits per heavy atom. The molecule has 2 N–H and O–H groups in total. The van der Waals surface area contributed by atoms with Gasteiger partial charge in [0.2, 0.25) is 0 Å². The Hall–Kier alpha value is -1.36. The zero-order valence-corrected chi connectivity index (χ0v) is 13.1. The number of aromatic nitrogens is 2. The van der Waals surface area contributed by atoms with Gasteiger partial charge in [-0.1, -0.05) is 6.42 Å². The molecule has 0 unspecified atom stereocenters. The molecule has 0 aromatic carbocycles. The van der Waals surface area contributed by atoms with Gasteiger partial charge in [0.25, 0.3) is 5.91 Å². The first kappa shape index (κ1) is 14.6. The molecule has 1 amide bonds. The normalized spacial score (nSPS) is 25.3. The lowest BCUT2D eigenvalue weighted by atomic mass is 9.85. The van der Waals surface area contributed by atoms with Crippen LogP contribution in [0.5, 0.6) is 0 Å². The summed E-state index contributed by atoms with van der Waals surface area (Å²) in [6, 6.07) is 2.81. The zero-order chi connectivity index (χ0) is 14.8. The molecule has 116 valence electrons. The van der Waals surface area contributed by atoms with Crippen molar-refractivity contribution in [2.24, 2.45) is 5.92 Å². The monoisotopic (exact) mass is 290 g/mol. The fourth-order valence-electron chi connectivity index (χ4n) is 3.46. The van der Waals surface area contributed by atoms with E-state index >= 15 is 0 Å². The molecule has 1 saturated carbocycles. The molecule has 0 spiro atoms. The zero-order valence-electron chi connectivity index (χ0n) is 13.1. The average Bonchev–Trinajstić information content (AvgIpc) is 2.84. The SMILES string of the molecule is Cc1cc(C(=O)N[C@H](C)[C@@H]2CCCN(C3CCC3)C2)n[nH]1. The van der Waals surface area contributed by atoms with Gasteiger partial charge in [-0.25, -0.2) is 0 Å². The fourth-order valence-corrected chi connectivity index (χ4v) is 3.46. The molecular weight excluding hydrogens is 264 g/mol. The van der Waals surface area contributed by atoms with Crippen LogP contribution in [-0.4, -0.2) is 46.2 Å². The van der Waals surface area contributed by atoms with E-state index in [-0.39, 0.29) is 11.9 Å². The maximum absolute atomic E-state index is 12.2. The van der Waals surface area contributed by atoms with Crippen molar-refractivity contribution in [3.63, 3.8) is 0 Å². The van der Waals surface area contributed by atoms with Gasteiger partial charge in [-0.15, -0.1) is 0 Å². The molecule has 21 heavy (non-hydrogen) atoms. The number of hydrogen-bond acceptors (Lipinski definition) is 3. The smallest absolute Gasteiger partial charge is 0.271 e. The first-order valence-electron chi connectivity index (χ1n) is 8.20. The summed E-state index contributed by atoms with van der Waals surface area (Å²) in [7, 11) is 0. The summed E-state index contributed by atoms with van der Waals surface area (Å²) in [5.74, 6) is 0.496. The second-order valence-corrected chi connectivity index (χ2v) is 6.68. The minimum atomic E-state index is -0.0624. The topological polar surface area (TPSA) is 61.0 Å². The predicted molar refractivity (Wildman–Crippen MR) is 82.2 cm³/mol. The second kappa shape index (κ2) is 6.18. The van der Waals surface area contributed by atoms with E-state index in [1.807, 2.05) is 6.92 Å². The summed E-state index contributed by atoms with van der Waals surface area (Å²) in [5.41, 5.74) is 1.41. The quantitative estimate of drug-likeness (QED) is 0.892. The van der Waals surface area contributed by atoms with Crippen LogP contribution < -0.4 is 5.32 Å². The Bertz CT molecular complexity index is 494. The molecule has 0 radical (unpaired) electrons. The van der Waals surface area contributed by atoms with Gasteiger partial charge in [0, 0.05) is 24.3 Å². The predicted octanol–water partition coefficient (Wildman–Crippen LogP) is 2.10. The van der Waals surface area contributed by atoms with Crippen LogP contribution in [0, 0.1) is 12.8 Å². The number of hydrogen-bond donors (Lipinski definition) is 2. The number of rotatable bonds is 4. The van der Waals surface area contributed by atoms with Crippen molar-refractivity contribution in [3.05, 3.63) is 17.5 Å². The van der Waals surface area contributed by atoms with Crippen LogP contribution in [0.15, 0.2) is 6.07 Å². The molecule has 1 aliphatic carbocycles. The summed E-state index contributed by atoms with van der Waals surface area (Å²) in [6.45, 7) is 6.41. The van der Waals surface area contributed by atoms with Crippen LogP contribution >= 0.6 is 0 Å². The number of carbonyl (C=O) groups is 1. The van der Waals surface area contributed by atoms with Gasteiger partial charge in [-0.05, 0) is 58.1 Å². The molecule has 2 fully saturated rings. The molecule has 5 nitrogen and oxygen atoms in total. The third-order valence-electron chi connectivity index (χ3n) is 5.08. The number of likely N-dealkylation sites (tertiary alicyclic amines) is 1. The third kappa shape index (κ3) is 3.28. The fraction of sp³-hybridized carbons (Fsp3) is 0.750. The van der Waals surface area contributed by atoms with Crippen molar-refractivity contribution in [2.75, 3.05) is 13.1 Å².